The Kier molecular flexibility index (Phi) is 32.1. The number of benzene rings is 2. The lowest BCUT2D eigenvalue weighted by atomic mass is 9.87. The van der Waals surface area contributed by atoms with Crippen LogP contribution in [0.3, 0.4) is 0 Å². The summed E-state index contributed by atoms with van der Waals surface area (Å²) in [6.07, 6.45) is 10.8. The molecule has 3 heterocycles. The van der Waals surface area contributed by atoms with Crippen molar-refractivity contribution in [2.45, 2.75) is 240 Å². The summed E-state index contributed by atoms with van der Waals surface area (Å²) in [5.74, 6) is -1.83. The molecule has 0 aliphatic carbocycles. The Morgan fingerprint density at radius 3 is 2.03 bits per heavy atom. The fourth-order valence-electron chi connectivity index (χ4n) is 13.8. The van der Waals surface area contributed by atoms with Crippen LogP contribution in [0.1, 0.15) is 208 Å². The highest BCUT2D eigenvalue weighted by Crippen LogP contribution is 2.34. The highest BCUT2D eigenvalue weighted by atomic mass is 16.5. The second kappa shape index (κ2) is 38.7. The molecule has 2 aliphatic heterocycles. The number of ether oxygens (including phenoxy) is 2. The molecule has 0 saturated carbocycles. The predicted octanol–water partition coefficient (Wildman–Crippen LogP) is 10.5. The number of aryl methyl sites for hydroxylation is 1. The number of carbonyl (C=O) groups is 8. The maximum Gasteiger partial charge on any atom is 0.247 e. The Labute approximate surface area is 549 Å². The Bertz CT molecular complexity index is 2790. The van der Waals surface area contributed by atoms with E-state index < -0.39 is 36.3 Å². The fraction of sp³-hybridized carbons (Fsp3) is 0.694. The van der Waals surface area contributed by atoms with Gasteiger partial charge in [0.1, 0.15) is 11.8 Å². The molecule has 20 heteroatoms. The second-order valence-corrected chi connectivity index (χ2v) is 26.8. The lowest BCUT2D eigenvalue weighted by molar-refractivity contribution is -0.148. The number of imide groups is 1. The number of carbonyl (C=O) groups excluding carboxylic acids is 8. The first-order valence-electron chi connectivity index (χ1n) is 34.6. The van der Waals surface area contributed by atoms with Gasteiger partial charge >= 0.3 is 0 Å². The lowest BCUT2D eigenvalue weighted by Crippen LogP contribution is -2.60. The Hall–Kier alpha value is -6.38. The SMILES string of the molecule is CCCCc1ccc(-c2nnc([C@H](CCCC(=O)[C@H](C)[C@@H](OC)[C@@H]3CCCN3C(=O)C[C@@H](OC)[C@H]([C@@H](C)CC)N(C)C(=O)[C@@H](NC(=O)[C@H](C(C)C)N(C)CCCC(=O)NNC(=O)CCCCCN3C(=O)CC(C(CC)CC)C3=O)C(C)C)Cc3ccccc3)o2)cc1. The van der Waals surface area contributed by atoms with Crippen molar-refractivity contribution in [2.24, 2.45) is 35.5 Å². The minimum atomic E-state index is -0.906. The molecule has 3 N–H and O–H groups in total. The van der Waals surface area contributed by atoms with Crippen LogP contribution in [0, 0.1) is 35.5 Å². The first-order chi connectivity index (χ1) is 44.0. The highest BCUT2D eigenvalue weighted by molar-refractivity contribution is 6.03. The lowest BCUT2D eigenvalue weighted by Gasteiger charge is -2.41. The van der Waals surface area contributed by atoms with Crippen molar-refractivity contribution < 1.29 is 52.2 Å². The second-order valence-electron chi connectivity index (χ2n) is 26.8. The number of unbranched alkanes of at least 4 members (excludes halogenated alkanes) is 3. The third kappa shape index (κ3) is 21.9. The number of hydrazine groups is 1. The number of amides is 7. The van der Waals surface area contributed by atoms with Crippen LogP contribution in [0.25, 0.3) is 11.5 Å². The Balaban J connectivity index is 1.12. The van der Waals surface area contributed by atoms with Crippen molar-refractivity contribution in [3.63, 3.8) is 0 Å². The van der Waals surface area contributed by atoms with Crippen molar-refractivity contribution in [3.05, 3.63) is 71.6 Å². The Morgan fingerprint density at radius 2 is 1.42 bits per heavy atom. The molecule has 0 spiro atoms. The molecule has 92 heavy (non-hydrogen) atoms. The minimum absolute atomic E-state index is 0.0138. The zero-order chi connectivity index (χ0) is 67.6. The molecule has 2 saturated heterocycles. The first-order valence-corrected chi connectivity index (χ1v) is 34.6. The van der Waals surface area contributed by atoms with E-state index in [1.807, 2.05) is 109 Å². The molecule has 3 aromatic rings. The van der Waals surface area contributed by atoms with Gasteiger partial charge in [0.15, 0.2) is 0 Å². The number of hydrogen-bond acceptors (Lipinski definition) is 14. The van der Waals surface area contributed by atoms with E-state index in [4.69, 9.17) is 13.9 Å². The molecule has 2 fully saturated rings. The van der Waals surface area contributed by atoms with Gasteiger partial charge in [-0.25, -0.2) is 0 Å². The third-order valence-electron chi connectivity index (χ3n) is 19.5. The van der Waals surface area contributed by atoms with E-state index in [1.54, 1.807) is 26.2 Å². The van der Waals surface area contributed by atoms with Gasteiger partial charge in [-0.3, -0.25) is 59.0 Å². The van der Waals surface area contributed by atoms with E-state index in [2.05, 4.69) is 57.6 Å². The third-order valence-corrected chi connectivity index (χ3v) is 19.5. The van der Waals surface area contributed by atoms with Gasteiger partial charge < -0.3 is 29.0 Å². The van der Waals surface area contributed by atoms with E-state index in [1.165, 1.54) is 10.5 Å². The summed E-state index contributed by atoms with van der Waals surface area (Å²) in [5, 5.41) is 12.1. The van der Waals surface area contributed by atoms with E-state index in [9.17, 15) is 38.4 Å². The Morgan fingerprint density at radius 1 is 0.750 bits per heavy atom. The monoisotopic (exact) mass is 1280 g/mol. The molecule has 2 aromatic carbocycles. The van der Waals surface area contributed by atoms with Crippen molar-refractivity contribution >= 4 is 47.1 Å². The van der Waals surface area contributed by atoms with E-state index in [0.717, 1.165) is 49.7 Å². The van der Waals surface area contributed by atoms with Gasteiger partial charge in [0, 0.05) is 77.4 Å². The van der Waals surface area contributed by atoms with Gasteiger partial charge in [-0.05, 0) is 125 Å². The van der Waals surface area contributed by atoms with Crippen LogP contribution >= 0.6 is 0 Å². The van der Waals surface area contributed by atoms with Crippen molar-refractivity contribution in [3.8, 4) is 11.5 Å². The van der Waals surface area contributed by atoms with Gasteiger partial charge in [-0.1, -0.05) is 144 Å². The first kappa shape index (κ1) is 76.3. The summed E-state index contributed by atoms with van der Waals surface area (Å²) in [6, 6.07) is 16.1. The standard InChI is InChI=1S/C72H113N9O11/c1-15-19-29-51-37-39-54(40-38-51)69-76-77-70(92-69)55(44-52-30-22-20-23-31-52)32-26-34-58(82)50(10)67(91-14)57-33-27-43-80(57)63(86)46-59(90-13)66(49(9)16-2)79(12)72(89)64(47(5)6)73-68(87)65(48(7)8)78(11)41-28-36-61(84)75-74-60(83)35-24-21-25-42-81-62(85)45-56(71(81)88)53(17-3)18-4/h20,22-23,30-31,37-40,47-50,53,55-57,59,64-67H,15-19,21,24-29,32-36,41-46H2,1-14H3,(H,73,87)(H,74,83)(H,75,84)/t49-,50-,55+,56?,57-,59+,64-,65-,66-,67+/m0/s1. The van der Waals surface area contributed by atoms with Crippen LogP contribution in [-0.2, 0) is 60.7 Å². The van der Waals surface area contributed by atoms with Gasteiger partial charge in [-0.2, -0.15) is 0 Å². The molecule has 20 nitrogen and oxygen atoms in total. The molecule has 0 bridgehead atoms. The zero-order valence-corrected chi connectivity index (χ0v) is 58.1. The summed E-state index contributed by atoms with van der Waals surface area (Å²) >= 11 is 0. The minimum Gasteiger partial charge on any atom is -0.420 e. The van der Waals surface area contributed by atoms with E-state index in [0.29, 0.717) is 95.6 Å². The van der Waals surface area contributed by atoms with Gasteiger partial charge in [-0.15, -0.1) is 10.2 Å². The summed E-state index contributed by atoms with van der Waals surface area (Å²) in [4.78, 5) is 116. The largest absolute Gasteiger partial charge is 0.420 e. The number of methoxy groups -OCH3 is 2. The van der Waals surface area contributed by atoms with Gasteiger partial charge in [0.25, 0.3) is 0 Å². The van der Waals surface area contributed by atoms with Crippen LogP contribution in [0.15, 0.2) is 59.0 Å². The maximum absolute atomic E-state index is 14.8. The maximum atomic E-state index is 14.8. The number of ketones is 1. The van der Waals surface area contributed by atoms with Crippen LogP contribution in [0.5, 0.6) is 0 Å². The quantitative estimate of drug-likeness (QED) is 0.0272. The van der Waals surface area contributed by atoms with E-state index >= 15 is 0 Å². The number of hydrogen-bond donors (Lipinski definition) is 3. The number of likely N-dealkylation sites (N-methyl/N-ethyl adjacent to an activating group) is 2. The van der Waals surface area contributed by atoms with Crippen LogP contribution in [0.4, 0.5) is 0 Å². The van der Waals surface area contributed by atoms with Crippen LogP contribution in [0.2, 0.25) is 0 Å². The molecular formula is C72H113N9O11. The molecule has 10 atom stereocenters. The average Bonchev–Trinajstić information content (AvgIpc) is 1.29. The summed E-state index contributed by atoms with van der Waals surface area (Å²) in [7, 11) is 6.70. The molecule has 0 radical (unpaired) electrons. The number of likely N-dealkylation sites (tertiary alicyclic amines) is 2. The van der Waals surface area contributed by atoms with Gasteiger partial charge in [0.05, 0.1) is 42.7 Å². The molecule has 1 aromatic heterocycles. The van der Waals surface area contributed by atoms with E-state index in [-0.39, 0.29) is 114 Å². The van der Waals surface area contributed by atoms with Gasteiger partial charge in [0.2, 0.25) is 53.1 Å². The summed E-state index contributed by atoms with van der Waals surface area (Å²) in [6.45, 7) is 21.1. The molecule has 1 unspecified atom stereocenters. The molecule has 5 rings (SSSR count). The number of nitrogens with zero attached hydrogens (tertiary/aromatic N) is 6. The zero-order valence-electron chi connectivity index (χ0n) is 58.1. The normalized spacial score (nSPS) is 17.8. The highest BCUT2D eigenvalue weighted by Gasteiger charge is 2.44. The average molecular weight is 1280 g/mol. The van der Waals surface area contributed by atoms with Crippen molar-refractivity contribution in [1.82, 2.24) is 46.0 Å². The smallest absolute Gasteiger partial charge is 0.247 e. The number of Topliss-reactive ketones (excluding diaryl/α,β-unsaturated/α-hetero) is 1. The molecule has 2 aliphatic rings. The van der Waals surface area contributed by atoms with Crippen LogP contribution < -0.4 is 16.2 Å². The molecular weight excluding hydrogens is 1170 g/mol. The molecule has 512 valence electrons. The number of rotatable bonds is 41. The van der Waals surface area contributed by atoms with Crippen LogP contribution in [-0.4, -0.2) is 161 Å². The number of aromatic nitrogens is 2. The topological polar surface area (TPSA) is 243 Å². The predicted molar refractivity (Wildman–Crippen MR) is 357 cm³/mol. The fourth-order valence-corrected chi connectivity index (χ4v) is 13.8. The summed E-state index contributed by atoms with van der Waals surface area (Å²) in [5.41, 5.74) is 8.25. The number of nitrogens with one attached hydrogen (secondary N) is 3. The van der Waals surface area contributed by atoms with Crippen molar-refractivity contribution in [2.75, 3.05) is 47.9 Å². The van der Waals surface area contributed by atoms with Crippen molar-refractivity contribution in [1.29, 1.82) is 0 Å². The molecule has 7 amide bonds. The summed E-state index contributed by atoms with van der Waals surface area (Å²) < 4.78 is 18.7.